The molecule has 1 aliphatic heterocycles. The SMILES string of the molecule is CNC(=O)[C@H]1CN(C(=O)c2ccc(F)cc2)CC12CCCC2. The smallest absolute Gasteiger partial charge is 0.253 e. The van der Waals surface area contributed by atoms with Gasteiger partial charge in [-0.3, -0.25) is 9.59 Å². The van der Waals surface area contributed by atoms with Gasteiger partial charge < -0.3 is 10.2 Å². The molecule has 1 aromatic carbocycles. The van der Waals surface area contributed by atoms with Crippen LogP contribution in [0.5, 0.6) is 0 Å². The fourth-order valence-electron chi connectivity index (χ4n) is 4.02. The van der Waals surface area contributed by atoms with Crippen LogP contribution in [0.1, 0.15) is 36.0 Å². The number of amides is 2. The average Bonchev–Trinajstić information content (AvgIpc) is 3.15. The first-order valence-electron chi connectivity index (χ1n) is 7.82. The van der Waals surface area contributed by atoms with Crippen LogP contribution in [0.2, 0.25) is 0 Å². The van der Waals surface area contributed by atoms with Crippen LogP contribution >= 0.6 is 0 Å². The fraction of sp³-hybridized carbons (Fsp3) is 0.529. The average molecular weight is 304 g/mol. The number of benzene rings is 1. The number of nitrogens with zero attached hydrogens (tertiary/aromatic N) is 1. The van der Waals surface area contributed by atoms with Crippen LogP contribution in [-0.2, 0) is 4.79 Å². The van der Waals surface area contributed by atoms with Crippen molar-refractivity contribution in [3.63, 3.8) is 0 Å². The molecular formula is C17H21FN2O2. The minimum Gasteiger partial charge on any atom is -0.359 e. The second kappa shape index (κ2) is 5.71. The van der Waals surface area contributed by atoms with Gasteiger partial charge >= 0.3 is 0 Å². The zero-order valence-corrected chi connectivity index (χ0v) is 12.8. The van der Waals surface area contributed by atoms with Gasteiger partial charge in [-0.2, -0.15) is 0 Å². The maximum absolute atomic E-state index is 13.0. The van der Waals surface area contributed by atoms with Gasteiger partial charge in [-0.25, -0.2) is 4.39 Å². The minimum absolute atomic E-state index is 0.0244. The van der Waals surface area contributed by atoms with E-state index in [0.29, 0.717) is 18.7 Å². The van der Waals surface area contributed by atoms with Gasteiger partial charge in [-0.15, -0.1) is 0 Å². The van der Waals surface area contributed by atoms with Crippen molar-refractivity contribution in [3.8, 4) is 0 Å². The third-order valence-corrected chi connectivity index (χ3v) is 5.19. The molecule has 1 N–H and O–H groups in total. The normalized spacial score (nSPS) is 23.0. The zero-order valence-electron chi connectivity index (χ0n) is 12.8. The number of carbonyl (C=O) groups is 2. The van der Waals surface area contributed by atoms with E-state index in [-0.39, 0.29) is 29.0 Å². The molecule has 1 heterocycles. The molecule has 2 amide bonds. The summed E-state index contributed by atoms with van der Waals surface area (Å²) >= 11 is 0. The molecule has 22 heavy (non-hydrogen) atoms. The Morgan fingerprint density at radius 2 is 1.86 bits per heavy atom. The maximum atomic E-state index is 13.0. The second-order valence-electron chi connectivity index (χ2n) is 6.43. The third-order valence-electron chi connectivity index (χ3n) is 5.19. The molecule has 4 nitrogen and oxygen atoms in total. The van der Waals surface area contributed by atoms with Gasteiger partial charge in [0.25, 0.3) is 5.91 Å². The highest BCUT2D eigenvalue weighted by atomic mass is 19.1. The van der Waals surface area contributed by atoms with Crippen LogP contribution in [0.15, 0.2) is 24.3 Å². The summed E-state index contributed by atoms with van der Waals surface area (Å²) in [7, 11) is 1.65. The highest BCUT2D eigenvalue weighted by molar-refractivity contribution is 5.95. The standard InChI is InChI=1S/C17H21FN2O2/c1-19-15(21)14-10-20(11-17(14)8-2-3-9-17)16(22)12-4-6-13(18)7-5-12/h4-7,14H,2-3,8-11H2,1H3,(H,19,21)/t14-/m1/s1. The highest BCUT2D eigenvalue weighted by Crippen LogP contribution is 2.49. The van der Waals surface area contributed by atoms with Crippen LogP contribution < -0.4 is 5.32 Å². The summed E-state index contributed by atoms with van der Waals surface area (Å²) in [5, 5.41) is 2.74. The van der Waals surface area contributed by atoms with Gasteiger partial charge in [0.15, 0.2) is 0 Å². The molecule has 1 spiro atoms. The summed E-state index contributed by atoms with van der Waals surface area (Å²) < 4.78 is 13.0. The summed E-state index contributed by atoms with van der Waals surface area (Å²) in [4.78, 5) is 26.6. The summed E-state index contributed by atoms with van der Waals surface area (Å²) in [5.74, 6) is -0.577. The predicted molar refractivity (Wildman–Crippen MR) is 80.8 cm³/mol. The molecule has 0 aromatic heterocycles. The van der Waals surface area contributed by atoms with Crippen LogP contribution in [0.4, 0.5) is 4.39 Å². The van der Waals surface area contributed by atoms with E-state index in [1.54, 1.807) is 11.9 Å². The molecule has 2 aliphatic rings. The molecule has 1 saturated heterocycles. The van der Waals surface area contributed by atoms with E-state index in [4.69, 9.17) is 0 Å². The predicted octanol–water partition coefficient (Wildman–Crippen LogP) is 2.20. The van der Waals surface area contributed by atoms with Gasteiger partial charge in [-0.05, 0) is 37.1 Å². The monoisotopic (exact) mass is 304 g/mol. The van der Waals surface area contributed by atoms with Crippen molar-refractivity contribution in [2.45, 2.75) is 25.7 Å². The van der Waals surface area contributed by atoms with Crippen molar-refractivity contribution in [1.82, 2.24) is 10.2 Å². The lowest BCUT2D eigenvalue weighted by atomic mass is 9.76. The van der Waals surface area contributed by atoms with Crippen LogP contribution in [0, 0.1) is 17.2 Å². The number of hydrogen-bond acceptors (Lipinski definition) is 2. The van der Waals surface area contributed by atoms with E-state index in [9.17, 15) is 14.0 Å². The van der Waals surface area contributed by atoms with Crippen molar-refractivity contribution in [2.75, 3.05) is 20.1 Å². The van der Waals surface area contributed by atoms with Crippen molar-refractivity contribution >= 4 is 11.8 Å². The molecule has 0 radical (unpaired) electrons. The quantitative estimate of drug-likeness (QED) is 0.910. The number of carbonyl (C=O) groups excluding carboxylic acids is 2. The Kier molecular flexibility index (Phi) is 3.89. The lowest BCUT2D eigenvalue weighted by Crippen LogP contribution is -2.38. The van der Waals surface area contributed by atoms with Crippen molar-refractivity contribution in [1.29, 1.82) is 0 Å². The Bertz CT molecular complexity index is 579. The first-order chi connectivity index (χ1) is 10.6. The first-order valence-corrected chi connectivity index (χ1v) is 7.82. The second-order valence-corrected chi connectivity index (χ2v) is 6.43. The summed E-state index contributed by atoms with van der Waals surface area (Å²) in [5.41, 5.74) is 0.405. The molecule has 1 aliphatic carbocycles. The largest absolute Gasteiger partial charge is 0.359 e. The highest BCUT2D eigenvalue weighted by Gasteiger charge is 2.52. The summed E-state index contributed by atoms with van der Waals surface area (Å²) in [6, 6.07) is 5.61. The molecule has 1 aromatic rings. The topological polar surface area (TPSA) is 49.4 Å². The summed E-state index contributed by atoms with van der Waals surface area (Å²) in [6.07, 6.45) is 4.23. The minimum atomic E-state index is -0.353. The van der Waals surface area contributed by atoms with E-state index in [0.717, 1.165) is 25.7 Å². The van der Waals surface area contributed by atoms with E-state index < -0.39 is 0 Å². The number of hydrogen-bond donors (Lipinski definition) is 1. The zero-order chi connectivity index (χ0) is 15.7. The Balaban J connectivity index is 1.82. The third kappa shape index (κ3) is 2.49. The number of halogens is 1. The van der Waals surface area contributed by atoms with E-state index in [2.05, 4.69) is 5.32 Å². The number of nitrogens with one attached hydrogen (secondary N) is 1. The maximum Gasteiger partial charge on any atom is 0.253 e. The molecule has 3 rings (SSSR count). The Morgan fingerprint density at radius 1 is 1.23 bits per heavy atom. The van der Waals surface area contributed by atoms with E-state index in [1.165, 1.54) is 24.3 Å². The Labute approximate surface area is 129 Å². The Morgan fingerprint density at radius 3 is 2.45 bits per heavy atom. The van der Waals surface area contributed by atoms with Gasteiger partial charge in [0.2, 0.25) is 5.91 Å². The first kappa shape index (κ1) is 15.0. The van der Waals surface area contributed by atoms with Crippen LogP contribution in [0.25, 0.3) is 0 Å². The number of rotatable bonds is 2. The van der Waals surface area contributed by atoms with Crippen LogP contribution in [-0.4, -0.2) is 36.9 Å². The van der Waals surface area contributed by atoms with Crippen molar-refractivity contribution < 1.29 is 14.0 Å². The molecule has 1 atom stereocenters. The number of likely N-dealkylation sites (tertiary alicyclic amines) is 1. The van der Waals surface area contributed by atoms with Crippen molar-refractivity contribution in [3.05, 3.63) is 35.6 Å². The fourth-order valence-corrected chi connectivity index (χ4v) is 4.02. The van der Waals surface area contributed by atoms with Gasteiger partial charge in [0.05, 0.1) is 5.92 Å². The van der Waals surface area contributed by atoms with E-state index >= 15 is 0 Å². The van der Waals surface area contributed by atoms with E-state index in [1.807, 2.05) is 0 Å². The molecule has 5 heteroatoms. The van der Waals surface area contributed by atoms with Gasteiger partial charge in [0, 0.05) is 31.1 Å². The Hall–Kier alpha value is -1.91. The lowest BCUT2D eigenvalue weighted by Gasteiger charge is -2.28. The summed E-state index contributed by atoms with van der Waals surface area (Å²) in [6.45, 7) is 1.08. The molecule has 1 saturated carbocycles. The lowest BCUT2D eigenvalue weighted by molar-refractivity contribution is -0.127. The molecule has 118 valence electrons. The molecule has 2 fully saturated rings. The van der Waals surface area contributed by atoms with Crippen molar-refractivity contribution in [2.24, 2.45) is 11.3 Å². The van der Waals surface area contributed by atoms with Gasteiger partial charge in [-0.1, -0.05) is 12.8 Å². The molecular weight excluding hydrogens is 283 g/mol. The molecule has 0 bridgehead atoms. The van der Waals surface area contributed by atoms with Crippen LogP contribution in [0.3, 0.4) is 0 Å². The molecule has 0 unspecified atom stereocenters. The van der Waals surface area contributed by atoms with Gasteiger partial charge in [0.1, 0.15) is 5.82 Å².